The smallest absolute Gasteiger partial charge is 0.253 e. The maximum Gasteiger partial charge on any atom is 0.253 e. The van der Waals surface area contributed by atoms with Crippen molar-refractivity contribution in [2.45, 2.75) is 19.4 Å². The van der Waals surface area contributed by atoms with Gasteiger partial charge in [0.1, 0.15) is 5.82 Å². The minimum absolute atomic E-state index is 0.102. The molecule has 1 aliphatic heterocycles. The van der Waals surface area contributed by atoms with Gasteiger partial charge in [0, 0.05) is 36.7 Å². The van der Waals surface area contributed by atoms with Gasteiger partial charge in [0.15, 0.2) is 0 Å². The summed E-state index contributed by atoms with van der Waals surface area (Å²) in [6.45, 7) is 2.68. The fourth-order valence-corrected chi connectivity index (χ4v) is 3.79. The van der Waals surface area contributed by atoms with Crippen molar-refractivity contribution in [2.75, 3.05) is 38.7 Å². The van der Waals surface area contributed by atoms with Gasteiger partial charge in [0.25, 0.3) is 5.91 Å². The highest BCUT2D eigenvalue weighted by Crippen LogP contribution is 2.24. The number of rotatable bonds is 8. The Morgan fingerprint density at radius 1 is 1.19 bits per heavy atom. The average molecular weight is 448 g/mol. The number of carbonyl (C=O) groups excluding carboxylic acids is 2. The van der Waals surface area contributed by atoms with E-state index >= 15 is 0 Å². The molecule has 2 aromatic rings. The molecule has 1 heterocycles. The van der Waals surface area contributed by atoms with Gasteiger partial charge in [-0.2, -0.15) is 0 Å². The third-order valence-electron chi connectivity index (χ3n) is 5.39. The van der Waals surface area contributed by atoms with Crippen LogP contribution in [0.3, 0.4) is 0 Å². The highest BCUT2D eigenvalue weighted by atomic mass is 35.5. The van der Waals surface area contributed by atoms with E-state index in [9.17, 15) is 14.0 Å². The zero-order valence-electron chi connectivity index (χ0n) is 17.5. The van der Waals surface area contributed by atoms with Crippen molar-refractivity contribution in [1.29, 1.82) is 0 Å². The molecular formula is C23H27ClFN3O3. The van der Waals surface area contributed by atoms with Crippen molar-refractivity contribution in [3.63, 3.8) is 0 Å². The fraction of sp³-hybridized carbons (Fsp3) is 0.391. The summed E-state index contributed by atoms with van der Waals surface area (Å²) in [7, 11) is 1.57. The number of hydrogen-bond donors (Lipinski definition) is 2. The van der Waals surface area contributed by atoms with Crippen molar-refractivity contribution in [1.82, 2.24) is 10.2 Å². The molecule has 0 spiro atoms. The van der Waals surface area contributed by atoms with Crippen LogP contribution < -0.4 is 10.6 Å². The number of amides is 2. The molecule has 6 nitrogen and oxygen atoms in total. The molecule has 0 atom stereocenters. The molecule has 2 N–H and O–H groups in total. The van der Waals surface area contributed by atoms with E-state index in [1.54, 1.807) is 43.5 Å². The Morgan fingerprint density at radius 2 is 1.94 bits per heavy atom. The summed E-state index contributed by atoms with van der Waals surface area (Å²) in [4.78, 5) is 27.3. The Morgan fingerprint density at radius 3 is 2.65 bits per heavy atom. The molecule has 1 saturated heterocycles. The van der Waals surface area contributed by atoms with Gasteiger partial charge < -0.3 is 15.4 Å². The summed E-state index contributed by atoms with van der Waals surface area (Å²) in [5, 5.41) is 6.06. The summed E-state index contributed by atoms with van der Waals surface area (Å²) in [6, 6.07) is 11.6. The van der Waals surface area contributed by atoms with Gasteiger partial charge >= 0.3 is 0 Å². The lowest BCUT2D eigenvalue weighted by atomic mass is 9.95. The van der Waals surface area contributed by atoms with Gasteiger partial charge in [-0.25, -0.2) is 4.39 Å². The quantitative estimate of drug-likeness (QED) is 0.605. The first-order valence-electron chi connectivity index (χ1n) is 10.3. The van der Waals surface area contributed by atoms with Crippen LogP contribution in [0.5, 0.6) is 0 Å². The number of nitrogens with zero attached hydrogens (tertiary/aromatic N) is 1. The SMILES string of the molecule is COCCNC(=O)c1ccccc1NC(=O)C1CCN(Cc2ccc(Cl)cc2F)CC1. The van der Waals surface area contributed by atoms with Crippen LogP contribution in [-0.4, -0.2) is 50.1 Å². The highest BCUT2D eigenvalue weighted by molar-refractivity contribution is 6.30. The number of para-hydroxylation sites is 1. The molecule has 0 unspecified atom stereocenters. The first-order valence-corrected chi connectivity index (χ1v) is 10.7. The molecule has 3 rings (SSSR count). The molecule has 0 aliphatic carbocycles. The van der Waals surface area contributed by atoms with Crippen molar-refractivity contribution in [2.24, 2.45) is 5.92 Å². The lowest BCUT2D eigenvalue weighted by Crippen LogP contribution is -2.38. The standard InChI is InChI=1S/C23H27ClFN3O3/c1-31-13-10-26-23(30)19-4-2-3-5-21(19)27-22(29)16-8-11-28(12-9-16)15-17-6-7-18(24)14-20(17)25/h2-7,14,16H,8-13,15H2,1H3,(H,26,30)(H,27,29). The van der Waals surface area contributed by atoms with Gasteiger partial charge in [0.05, 0.1) is 17.9 Å². The van der Waals surface area contributed by atoms with Crippen LogP contribution in [0.25, 0.3) is 0 Å². The third kappa shape index (κ3) is 6.50. The number of nitrogens with one attached hydrogen (secondary N) is 2. The molecule has 31 heavy (non-hydrogen) atoms. The number of carbonyl (C=O) groups is 2. The van der Waals surface area contributed by atoms with Crippen molar-refractivity contribution in [3.05, 3.63) is 64.4 Å². The minimum atomic E-state index is -0.312. The first kappa shape index (κ1) is 23.2. The second-order valence-corrected chi connectivity index (χ2v) is 8.01. The number of anilines is 1. The Hall–Kier alpha value is -2.48. The normalized spacial score (nSPS) is 14.9. The van der Waals surface area contributed by atoms with E-state index in [0.717, 1.165) is 0 Å². The number of benzene rings is 2. The van der Waals surface area contributed by atoms with Crippen LogP contribution in [0.2, 0.25) is 5.02 Å². The maximum atomic E-state index is 14.0. The molecule has 2 amide bonds. The van der Waals surface area contributed by atoms with Crippen LogP contribution in [0, 0.1) is 11.7 Å². The van der Waals surface area contributed by atoms with E-state index in [1.165, 1.54) is 6.07 Å². The molecule has 2 aromatic carbocycles. The number of methoxy groups -OCH3 is 1. The van der Waals surface area contributed by atoms with E-state index < -0.39 is 0 Å². The fourth-order valence-electron chi connectivity index (χ4n) is 3.63. The van der Waals surface area contributed by atoms with Crippen molar-refractivity contribution >= 4 is 29.1 Å². The van der Waals surface area contributed by atoms with Gasteiger partial charge in [0.2, 0.25) is 5.91 Å². The first-order chi connectivity index (χ1) is 15.0. The van der Waals surface area contributed by atoms with Crippen LogP contribution in [0.1, 0.15) is 28.8 Å². The largest absolute Gasteiger partial charge is 0.383 e. The monoisotopic (exact) mass is 447 g/mol. The molecule has 1 aliphatic rings. The summed E-state index contributed by atoms with van der Waals surface area (Å²) in [5.74, 6) is -0.828. The molecule has 0 radical (unpaired) electrons. The molecule has 166 valence electrons. The number of ether oxygens (including phenoxy) is 1. The third-order valence-corrected chi connectivity index (χ3v) is 5.62. The van der Waals surface area contributed by atoms with Gasteiger partial charge in [-0.15, -0.1) is 0 Å². The van der Waals surface area contributed by atoms with Gasteiger partial charge in [-0.1, -0.05) is 29.8 Å². The Kier molecular flexibility index (Phi) is 8.40. The number of hydrogen-bond acceptors (Lipinski definition) is 4. The van der Waals surface area contributed by atoms with E-state index in [-0.39, 0.29) is 23.5 Å². The summed E-state index contributed by atoms with van der Waals surface area (Å²) < 4.78 is 19.0. The number of halogens is 2. The van der Waals surface area contributed by atoms with Gasteiger partial charge in [-0.05, 0) is 50.2 Å². The summed E-state index contributed by atoms with van der Waals surface area (Å²) >= 11 is 5.81. The lowest BCUT2D eigenvalue weighted by Gasteiger charge is -2.31. The summed E-state index contributed by atoms with van der Waals surface area (Å²) in [5.41, 5.74) is 1.51. The van der Waals surface area contributed by atoms with Crippen molar-refractivity contribution < 1.29 is 18.7 Å². The molecule has 8 heteroatoms. The zero-order chi connectivity index (χ0) is 22.2. The second-order valence-electron chi connectivity index (χ2n) is 7.57. The number of likely N-dealkylation sites (tertiary alicyclic amines) is 1. The van der Waals surface area contributed by atoms with E-state index in [1.807, 2.05) is 0 Å². The minimum Gasteiger partial charge on any atom is -0.383 e. The van der Waals surface area contributed by atoms with Gasteiger partial charge in [-0.3, -0.25) is 14.5 Å². The number of piperidine rings is 1. The topological polar surface area (TPSA) is 70.7 Å². The average Bonchev–Trinajstić information content (AvgIpc) is 2.76. The van der Waals surface area contributed by atoms with Crippen LogP contribution in [0.4, 0.5) is 10.1 Å². The molecular weight excluding hydrogens is 421 g/mol. The van der Waals surface area contributed by atoms with E-state index in [4.69, 9.17) is 16.3 Å². The van der Waals surface area contributed by atoms with Crippen molar-refractivity contribution in [3.8, 4) is 0 Å². The van der Waals surface area contributed by atoms with E-state index in [2.05, 4.69) is 15.5 Å². The molecule has 0 aromatic heterocycles. The molecule has 0 saturated carbocycles. The zero-order valence-corrected chi connectivity index (χ0v) is 18.3. The predicted octanol–water partition coefficient (Wildman–Crippen LogP) is 3.71. The Balaban J connectivity index is 1.54. The Labute approximate surface area is 186 Å². The second kappa shape index (κ2) is 11.2. The predicted molar refractivity (Wildman–Crippen MR) is 119 cm³/mol. The Bertz CT molecular complexity index is 917. The van der Waals surface area contributed by atoms with Crippen LogP contribution >= 0.6 is 11.6 Å². The molecule has 0 bridgehead atoms. The highest BCUT2D eigenvalue weighted by Gasteiger charge is 2.26. The van der Waals surface area contributed by atoms with E-state index in [0.29, 0.717) is 67.5 Å². The maximum absolute atomic E-state index is 14.0. The van der Waals surface area contributed by atoms with Crippen LogP contribution in [0.15, 0.2) is 42.5 Å². The summed E-state index contributed by atoms with van der Waals surface area (Å²) in [6.07, 6.45) is 1.34. The molecule has 1 fully saturated rings. The van der Waals surface area contributed by atoms with Crippen LogP contribution in [-0.2, 0) is 16.1 Å². The lowest BCUT2D eigenvalue weighted by molar-refractivity contribution is -0.121.